The van der Waals surface area contributed by atoms with E-state index in [0.29, 0.717) is 6.42 Å². The Balaban J connectivity index is 2.65. The maximum absolute atomic E-state index is 12.0. The molecule has 0 spiro atoms. The molecule has 7 heteroatoms. The van der Waals surface area contributed by atoms with E-state index in [1.54, 1.807) is 6.92 Å². The second-order valence-electron chi connectivity index (χ2n) is 4.75. The van der Waals surface area contributed by atoms with Crippen LogP contribution in [0.5, 0.6) is 0 Å². The third-order valence-electron chi connectivity index (χ3n) is 3.13. The van der Waals surface area contributed by atoms with Gasteiger partial charge in [0.2, 0.25) is 11.8 Å². The summed E-state index contributed by atoms with van der Waals surface area (Å²) in [6.45, 7) is 2.45. The van der Waals surface area contributed by atoms with Crippen molar-refractivity contribution in [3.05, 3.63) is 0 Å². The molecule has 2 unspecified atom stereocenters. The molecule has 1 fully saturated rings. The highest BCUT2D eigenvalue weighted by Gasteiger charge is 2.36. The molecule has 1 aliphatic heterocycles. The maximum Gasteiger partial charge on any atom is 0.326 e. The Morgan fingerprint density at radius 2 is 2.11 bits per heavy atom. The van der Waals surface area contributed by atoms with Gasteiger partial charge in [0.15, 0.2) is 0 Å². The first-order valence-corrected chi connectivity index (χ1v) is 5.92. The molecule has 0 bridgehead atoms. The highest BCUT2D eigenvalue weighted by molar-refractivity contribution is 5.92. The number of hydrogen-bond donors (Lipinski definition) is 4. The highest BCUT2D eigenvalue weighted by Crippen LogP contribution is 2.19. The molecular formula is C11H19N3O4. The summed E-state index contributed by atoms with van der Waals surface area (Å²) in [4.78, 5) is 33.7. The minimum Gasteiger partial charge on any atom is -0.480 e. The van der Waals surface area contributed by atoms with Gasteiger partial charge in [-0.3, -0.25) is 9.59 Å². The number of rotatable bonds is 5. The lowest BCUT2D eigenvalue weighted by Crippen LogP contribution is -2.60. The first-order chi connectivity index (χ1) is 8.35. The maximum atomic E-state index is 12.0. The molecular weight excluding hydrogens is 238 g/mol. The number of amides is 2. The smallest absolute Gasteiger partial charge is 0.326 e. The van der Waals surface area contributed by atoms with Gasteiger partial charge in [-0.15, -0.1) is 0 Å². The van der Waals surface area contributed by atoms with Crippen LogP contribution in [0, 0.1) is 0 Å². The molecule has 7 nitrogen and oxygen atoms in total. The fourth-order valence-electron chi connectivity index (χ4n) is 1.97. The van der Waals surface area contributed by atoms with E-state index < -0.39 is 35.8 Å². The van der Waals surface area contributed by atoms with Crippen LogP contribution in [-0.2, 0) is 14.4 Å². The third kappa shape index (κ3) is 3.69. The first-order valence-electron chi connectivity index (χ1n) is 5.92. The molecule has 102 valence electrons. The fourth-order valence-corrected chi connectivity index (χ4v) is 1.97. The third-order valence-corrected chi connectivity index (χ3v) is 3.13. The Bertz CT molecular complexity index is 350. The lowest BCUT2D eigenvalue weighted by molar-refractivity contribution is -0.144. The molecule has 0 aromatic carbocycles. The van der Waals surface area contributed by atoms with Crippen molar-refractivity contribution in [1.82, 2.24) is 10.6 Å². The Morgan fingerprint density at radius 1 is 1.44 bits per heavy atom. The predicted octanol–water partition coefficient (Wildman–Crippen LogP) is -1.04. The normalized spacial score (nSPS) is 25.2. The summed E-state index contributed by atoms with van der Waals surface area (Å²) in [5, 5.41) is 14.3. The average Bonchev–Trinajstić information content (AvgIpc) is 2.28. The second-order valence-corrected chi connectivity index (χ2v) is 4.75. The Hall–Kier alpha value is -1.63. The van der Waals surface area contributed by atoms with Crippen molar-refractivity contribution in [2.75, 3.05) is 6.54 Å². The number of carbonyl (C=O) groups excluding carboxylic acids is 2. The second kappa shape index (κ2) is 5.81. The largest absolute Gasteiger partial charge is 0.480 e. The molecule has 0 saturated carbocycles. The molecule has 0 aromatic rings. The predicted molar refractivity (Wildman–Crippen MR) is 63.6 cm³/mol. The fraction of sp³-hybridized carbons (Fsp3) is 0.727. The summed E-state index contributed by atoms with van der Waals surface area (Å²) in [6.07, 6.45) is 2.13. The van der Waals surface area contributed by atoms with Crippen LogP contribution in [0.25, 0.3) is 0 Å². The van der Waals surface area contributed by atoms with Crippen molar-refractivity contribution in [3.63, 3.8) is 0 Å². The lowest BCUT2D eigenvalue weighted by atomic mass is 9.89. The van der Waals surface area contributed by atoms with Crippen molar-refractivity contribution < 1.29 is 19.5 Å². The summed E-state index contributed by atoms with van der Waals surface area (Å²) in [5.41, 5.74) is 4.17. The SMILES string of the molecule is CC1(C(=O)NC(CC(N)=O)C(=O)O)CCCCN1. The van der Waals surface area contributed by atoms with Gasteiger partial charge in [0.05, 0.1) is 12.0 Å². The van der Waals surface area contributed by atoms with Gasteiger partial charge >= 0.3 is 5.97 Å². The first kappa shape index (κ1) is 14.4. The number of carboxylic acids is 1. The Kier molecular flexibility index (Phi) is 4.66. The van der Waals surface area contributed by atoms with Gasteiger partial charge in [-0.05, 0) is 32.7 Å². The van der Waals surface area contributed by atoms with Gasteiger partial charge in [0.1, 0.15) is 6.04 Å². The zero-order valence-corrected chi connectivity index (χ0v) is 10.4. The zero-order valence-electron chi connectivity index (χ0n) is 10.4. The molecule has 0 radical (unpaired) electrons. The monoisotopic (exact) mass is 257 g/mol. The standard InChI is InChI=1S/C11H19N3O4/c1-11(4-2-3-5-13-11)10(18)14-7(9(16)17)6-8(12)15/h7,13H,2-6H2,1H3,(H2,12,15)(H,14,18)(H,16,17). The summed E-state index contributed by atoms with van der Waals surface area (Å²) in [7, 11) is 0. The molecule has 2 amide bonds. The van der Waals surface area contributed by atoms with Gasteiger partial charge < -0.3 is 21.5 Å². The quantitative estimate of drug-likeness (QED) is 0.501. The van der Waals surface area contributed by atoms with E-state index in [4.69, 9.17) is 10.8 Å². The van der Waals surface area contributed by atoms with Gasteiger partial charge in [-0.25, -0.2) is 4.79 Å². The van der Waals surface area contributed by atoms with E-state index in [1.165, 1.54) is 0 Å². The summed E-state index contributed by atoms with van der Waals surface area (Å²) >= 11 is 0. The van der Waals surface area contributed by atoms with E-state index in [9.17, 15) is 14.4 Å². The van der Waals surface area contributed by atoms with Gasteiger partial charge in [-0.2, -0.15) is 0 Å². The molecule has 0 aromatic heterocycles. The Labute approximate surface area is 105 Å². The molecule has 1 aliphatic rings. The van der Waals surface area contributed by atoms with E-state index in [1.807, 2.05) is 0 Å². The lowest BCUT2D eigenvalue weighted by Gasteiger charge is -2.34. The molecule has 5 N–H and O–H groups in total. The number of nitrogens with one attached hydrogen (secondary N) is 2. The number of carboxylic acid groups (broad SMARTS) is 1. The molecule has 2 atom stereocenters. The van der Waals surface area contributed by atoms with Crippen LogP contribution < -0.4 is 16.4 Å². The summed E-state index contributed by atoms with van der Waals surface area (Å²) < 4.78 is 0. The van der Waals surface area contributed by atoms with E-state index in [0.717, 1.165) is 19.4 Å². The molecule has 18 heavy (non-hydrogen) atoms. The van der Waals surface area contributed by atoms with E-state index >= 15 is 0 Å². The van der Waals surface area contributed by atoms with E-state index in [2.05, 4.69) is 10.6 Å². The van der Waals surface area contributed by atoms with Crippen LogP contribution in [0.3, 0.4) is 0 Å². The molecule has 1 saturated heterocycles. The number of carbonyl (C=O) groups is 3. The zero-order chi connectivity index (χ0) is 13.8. The number of piperidine rings is 1. The summed E-state index contributed by atoms with van der Waals surface area (Å²) in [6, 6.07) is -1.27. The molecule has 1 heterocycles. The van der Waals surface area contributed by atoms with Crippen LogP contribution in [-0.4, -0.2) is 41.0 Å². The number of primary amides is 1. The van der Waals surface area contributed by atoms with Crippen LogP contribution in [0.4, 0.5) is 0 Å². The van der Waals surface area contributed by atoms with Gasteiger partial charge in [0, 0.05) is 0 Å². The van der Waals surface area contributed by atoms with Crippen LogP contribution in [0.2, 0.25) is 0 Å². The van der Waals surface area contributed by atoms with Crippen molar-refractivity contribution in [2.45, 2.75) is 44.2 Å². The van der Waals surface area contributed by atoms with Crippen LogP contribution in [0.1, 0.15) is 32.6 Å². The van der Waals surface area contributed by atoms with Crippen LogP contribution in [0.15, 0.2) is 0 Å². The molecule has 1 rings (SSSR count). The minimum atomic E-state index is -1.27. The van der Waals surface area contributed by atoms with Crippen molar-refractivity contribution >= 4 is 17.8 Å². The highest BCUT2D eigenvalue weighted by atomic mass is 16.4. The summed E-state index contributed by atoms with van der Waals surface area (Å²) in [5.74, 6) is -2.43. The number of nitrogens with two attached hydrogens (primary N) is 1. The van der Waals surface area contributed by atoms with Crippen molar-refractivity contribution in [2.24, 2.45) is 5.73 Å². The topological polar surface area (TPSA) is 122 Å². The van der Waals surface area contributed by atoms with Crippen LogP contribution >= 0.6 is 0 Å². The Morgan fingerprint density at radius 3 is 2.56 bits per heavy atom. The van der Waals surface area contributed by atoms with E-state index in [-0.39, 0.29) is 0 Å². The number of hydrogen-bond acceptors (Lipinski definition) is 4. The van der Waals surface area contributed by atoms with Gasteiger partial charge in [0.25, 0.3) is 0 Å². The van der Waals surface area contributed by atoms with Gasteiger partial charge in [-0.1, -0.05) is 0 Å². The van der Waals surface area contributed by atoms with Crippen molar-refractivity contribution in [1.29, 1.82) is 0 Å². The van der Waals surface area contributed by atoms with Crippen molar-refractivity contribution in [3.8, 4) is 0 Å². The average molecular weight is 257 g/mol. The number of aliphatic carboxylic acids is 1. The minimum absolute atomic E-state index is 0.406. The molecule has 0 aliphatic carbocycles.